The minimum Gasteiger partial charge on any atom is -0.326 e. The fraction of sp³-hybridized carbons (Fsp3) is 0.400. The molecule has 1 atom stereocenters. The molecule has 1 aromatic carbocycles. The van der Waals surface area contributed by atoms with Crippen molar-refractivity contribution in [2.45, 2.75) is 32.2 Å². The number of rotatable bonds is 4. The van der Waals surface area contributed by atoms with E-state index in [1.165, 1.54) is 5.56 Å². The summed E-state index contributed by atoms with van der Waals surface area (Å²) < 4.78 is 4.13. The lowest BCUT2D eigenvalue weighted by atomic mass is 10.2. The molecule has 21 heavy (non-hydrogen) atoms. The van der Waals surface area contributed by atoms with Crippen LogP contribution in [0, 0.1) is 6.92 Å². The summed E-state index contributed by atoms with van der Waals surface area (Å²) in [6.45, 7) is 4.82. The first kappa shape index (κ1) is 14.1. The Bertz CT molecular complexity index is 772. The Kier molecular flexibility index (Phi) is 3.68. The van der Waals surface area contributed by atoms with Crippen LogP contribution in [0.1, 0.15) is 29.5 Å². The number of alkyl halides is 1. The third-order valence-electron chi connectivity index (χ3n) is 3.73. The summed E-state index contributed by atoms with van der Waals surface area (Å²) in [6, 6.07) is 6.22. The number of benzene rings is 1. The number of halogens is 1. The summed E-state index contributed by atoms with van der Waals surface area (Å²) in [5.41, 5.74) is 3.32. The van der Waals surface area contributed by atoms with Crippen molar-refractivity contribution in [3.8, 4) is 0 Å². The summed E-state index contributed by atoms with van der Waals surface area (Å²) >= 11 is 6.31. The van der Waals surface area contributed by atoms with Gasteiger partial charge in [0.15, 0.2) is 0 Å². The van der Waals surface area contributed by atoms with Crippen molar-refractivity contribution in [1.82, 2.24) is 24.3 Å². The predicted molar refractivity (Wildman–Crippen MR) is 83.4 cm³/mol. The van der Waals surface area contributed by atoms with E-state index in [1.807, 2.05) is 18.5 Å². The van der Waals surface area contributed by atoms with Crippen LogP contribution in [0.2, 0.25) is 0 Å². The van der Waals surface area contributed by atoms with E-state index in [4.69, 9.17) is 16.6 Å². The van der Waals surface area contributed by atoms with Gasteiger partial charge in [0, 0.05) is 20.0 Å². The number of nitrogens with zero attached hydrogens (tertiary/aromatic N) is 5. The van der Waals surface area contributed by atoms with Crippen LogP contribution in [0.15, 0.2) is 24.5 Å². The molecule has 3 rings (SSSR count). The van der Waals surface area contributed by atoms with Gasteiger partial charge >= 0.3 is 0 Å². The smallest absolute Gasteiger partial charge is 0.134 e. The first-order valence-electron chi connectivity index (χ1n) is 7.00. The summed E-state index contributed by atoms with van der Waals surface area (Å²) in [6.07, 6.45) is 2.52. The SMILES string of the molecule is Cc1cccc2c1nc(C(C)Cl)n2CCc1nncn1C. The number of fused-ring (bicyclic) bond motifs is 1. The Balaban J connectivity index is 2.01. The largest absolute Gasteiger partial charge is 0.326 e. The van der Waals surface area contributed by atoms with Crippen LogP contribution in [0.3, 0.4) is 0 Å². The Morgan fingerprint density at radius 3 is 2.81 bits per heavy atom. The van der Waals surface area contributed by atoms with Crippen molar-refractivity contribution >= 4 is 22.6 Å². The van der Waals surface area contributed by atoms with Crippen molar-refractivity contribution in [2.75, 3.05) is 0 Å². The summed E-state index contributed by atoms with van der Waals surface area (Å²) in [7, 11) is 1.95. The third kappa shape index (κ3) is 2.53. The maximum absolute atomic E-state index is 6.31. The predicted octanol–water partition coefficient (Wildman–Crippen LogP) is 3.02. The Morgan fingerprint density at radius 2 is 2.14 bits per heavy atom. The number of hydrogen-bond donors (Lipinski definition) is 0. The molecule has 1 unspecified atom stereocenters. The Morgan fingerprint density at radius 1 is 1.33 bits per heavy atom. The minimum absolute atomic E-state index is 0.128. The van der Waals surface area contributed by atoms with Crippen LogP contribution in [-0.2, 0) is 20.0 Å². The molecule has 0 N–H and O–H groups in total. The van der Waals surface area contributed by atoms with Crippen LogP contribution in [-0.4, -0.2) is 24.3 Å². The van der Waals surface area contributed by atoms with Crippen LogP contribution in [0.4, 0.5) is 0 Å². The van der Waals surface area contributed by atoms with Gasteiger partial charge in [-0.05, 0) is 25.5 Å². The van der Waals surface area contributed by atoms with Gasteiger partial charge in [-0.15, -0.1) is 21.8 Å². The first-order chi connectivity index (χ1) is 10.1. The molecule has 2 aromatic heterocycles. The molecular formula is C15H18ClN5. The van der Waals surface area contributed by atoms with Gasteiger partial charge in [-0.25, -0.2) is 4.98 Å². The molecular weight excluding hydrogens is 286 g/mol. The van der Waals surface area contributed by atoms with E-state index in [0.29, 0.717) is 0 Å². The molecule has 0 fully saturated rings. The Hall–Kier alpha value is -1.88. The zero-order valence-corrected chi connectivity index (χ0v) is 13.2. The summed E-state index contributed by atoms with van der Waals surface area (Å²) in [5, 5.41) is 7.92. The fourth-order valence-electron chi connectivity index (χ4n) is 2.59. The van der Waals surface area contributed by atoms with Gasteiger partial charge in [-0.3, -0.25) is 0 Å². The third-order valence-corrected chi connectivity index (χ3v) is 3.93. The maximum atomic E-state index is 6.31. The number of aromatic nitrogens is 5. The van der Waals surface area contributed by atoms with Crippen LogP contribution >= 0.6 is 11.6 Å². The maximum Gasteiger partial charge on any atom is 0.134 e. The molecule has 0 saturated carbocycles. The average Bonchev–Trinajstić information content (AvgIpc) is 3.01. The van der Waals surface area contributed by atoms with Crippen molar-refractivity contribution in [1.29, 1.82) is 0 Å². The zero-order valence-electron chi connectivity index (χ0n) is 12.4. The van der Waals surface area contributed by atoms with Gasteiger partial charge < -0.3 is 9.13 Å². The van der Waals surface area contributed by atoms with E-state index >= 15 is 0 Å². The van der Waals surface area contributed by atoms with E-state index in [2.05, 4.69) is 39.9 Å². The second kappa shape index (κ2) is 5.48. The molecule has 0 aliphatic heterocycles. The number of imidazole rings is 1. The van der Waals surface area contributed by atoms with E-state index in [1.54, 1.807) is 6.33 Å². The monoisotopic (exact) mass is 303 g/mol. The number of hydrogen-bond acceptors (Lipinski definition) is 3. The van der Waals surface area contributed by atoms with Crippen molar-refractivity contribution < 1.29 is 0 Å². The average molecular weight is 304 g/mol. The minimum atomic E-state index is -0.128. The molecule has 6 heteroatoms. The van der Waals surface area contributed by atoms with Crippen LogP contribution < -0.4 is 0 Å². The molecule has 0 aliphatic carbocycles. The van der Waals surface area contributed by atoms with Crippen LogP contribution in [0.25, 0.3) is 11.0 Å². The van der Waals surface area contributed by atoms with Gasteiger partial charge in [0.05, 0.1) is 16.4 Å². The van der Waals surface area contributed by atoms with E-state index in [-0.39, 0.29) is 5.38 Å². The second-order valence-electron chi connectivity index (χ2n) is 5.29. The first-order valence-corrected chi connectivity index (χ1v) is 7.44. The molecule has 0 radical (unpaired) electrons. The molecule has 2 heterocycles. The molecule has 0 aliphatic rings. The highest BCUT2D eigenvalue weighted by Crippen LogP contribution is 2.26. The van der Waals surface area contributed by atoms with Crippen LogP contribution in [0.5, 0.6) is 0 Å². The highest BCUT2D eigenvalue weighted by molar-refractivity contribution is 6.20. The van der Waals surface area contributed by atoms with E-state index < -0.39 is 0 Å². The number of para-hydroxylation sites is 1. The van der Waals surface area contributed by atoms with Gasteiger partial charge in [-0.2, -0.15) is 0 Å². The van der Waals surface area contributed by atoms with E-state index in [0.717, 1.165) is 35.6 Å². The zero-order chi connectivity index (χ0) is 15.0. The lowest BCUT2D eigenvalue weighted by Gasteiger charge is -2.10. The normalized spacial score (nSPS) is 13.0. The van der Waals surface area contributed by atoms with Gasteiger partial charge in [0.25, 0.3) is 0 Å². The molecule has 3 aromatic rings. The lowest BCUT2D eigenvalue weighted by Crippen LogP contribution is -2.09. The van der Waals surface area contributed by atoms with E-state index in [9.17, 15) is 0 Å². The van der Waals surface area contributed by atoms with Crippen molar-refractivity contribution in [3.05, 3.63) is 41.7 Å². The molecule has 0 saturated heterocycles. The second-order valence-corrected chi connectivity index (χ2v) is 5.94. The Labute approximate surface area is 128 Å². The molecule has 5 nitrogen and oxygen atoms in total. The van der Waals surface area contributed by atoms with Gasteiger partial charge in [0.1, 0.15) is 18.0 Å². The van der Waals surface area contributed by atoms with Crippen molar-refractivity contribution in [2.24, 2.45) is 7.05 Å². The van der Waals surface area contributed by atoms with Gasteiger partial charge in [-0.1, -0.05) is 12.1 Å². The lowest BCUT2D eigenvalue weighted by molar-refractivity contribution is 0.632. The van der Waals surface area contributed by atoms with Crippen molar-refractivity contribution in [3.63, 3.8) is 0 Å². The molecule has 0 bridgehead atoms. The summed E-state index contributed by atoms with van der Waals surface area (Å²) in [5.74, 6) is 1.86. The molecule has 110 valence electrons. The van der Waals surface area contributed by atoms with Gasteiger partial charge in [0.2, 0.25) is 0 Å². The summed E-state index contributed by atoms with van der Waals surface area (Å²) in [4.78, 5) is 4.72. The number of aryl methyl sites for hydroxylation is 4. The standard InChI is InChI=1S/C15H18ClN5/c1-10-5-4-6-12-14(10)18-15(11(2)16)21(12)8-7-13-19-17-9-20(13)3/h4-6,9,11H,7-8H2,1-3H3. The molecule has 0 spiro atoms. The fourth-order valence-corrected chi connectivity index (χ4v) is 2.76. The quantitative estimate of drug-likeness (QED) is 0.696. The highest BCUT2D eigenvalue weighted by Gasteiger charge is 2.16. The highest BCUT2D eigenvalue weighted by atomic mass is 35.5. The molecule has 0 amide bonds. The topological polar surface area (TPSA) is 48.5 Å².